The fraction of sp³-hybridized carbons (Fsp3) is 0.476. The standard InChI is InChI=1S/C21H25N5O6/c1-20(13-6-8-14(32-2)9-7-13)16(28)26(19(31)22-20)24-15(27)12-25-17(29)21(23-18(25)30)10-4-3-5-11-21/h6-9H,3-5,10-12H2,1-2H3,(H,22,31)(H,23,30)(H,24,27)/t20-/m1/s1. The Bertz CT molecular complexity index is 987. The fourth-order valence-electron chi connectivity index (χ4n) is 4.48. The molecule has 3 fully saturated rings. The molecule has 1 aliphatic carbocycles. The van der Waals surface area contributed by atoms with Gasteiger partial charge in [0.25, 0.3) is 17.7 Å². The molecule has 11 heteroatoms. The van der Waals surface area contributed by atoms with Crippen LogP contribution in [0.4, 0.5) is 9.59 Å². The highest BCUT2D eigenvalue weighted by Crippen LogP contribution is 2.33. The summed E-state index contributed by atoms with van der Waals surface area (Å²) in [7, 11) is 1.51. The maximum atomic E-state index is 13.0. The second-order valence-electron chi connectivity index (χ2n) is 8.42. The van der Waals surface area contributed by atoms with Crippen LogP contribution in [0.2, 0.25) is 0 Å². The monoisotopic (exact) mass is 443 g/mol. The maximum absolute atomic E-state index is 13.0. The summed E-state index contributed by atoms with van der Waals surface area (Å²) in [6.07, 6.45) is 3.69. The first-order valence-electron chi connectivity index (χ1n) is 10.4. The zero-order valence-electron chi connectivity index (χ0n) is 17.9. The lowest BCUT2D eigenvalue weighted by Gasteiger charge is -2.30. The summed E-state index contributed by atoms with van der Waals surface area (Å²) in [6, 6.07) is 5.12. The van der Waals surface area contributed by atoms with Gasteiger partial charge in [-0.3, -0.25) is 24.7 Å². The molecule has 7 amide bonds. The predicted molar refractivity (Wildman–Crippen MR) is 110 cm³/mol. The Hall–Kier alpha value is -3.63. The van der Waals surface area contributed by atoms with E-state index >= 15 is 0 Å². The number of carbonyl (C=O) groups is 5. The van der Waals surface area contributed by atoms with Crippen LogP contribution in [0.25, 0.3) is 0 Å². The largest absolute Gasteiger partial charge is 0.497 e. The zero-order valence-corrected chi connectivity index (χ0v) is 17.9. The Morgan fingerprint density at radius 2 is 1.66 bits per heavy atom. The number of imide groups is 2. The molecule has 0 unspecified atom stereocenters. The number of nitrogens with zero attached hydrogens (tertiary/aromatic N) is 2. The Morgan fingerprint density at radius 1 is 1.00 bits per heavy atom. The third kappa shape index (κ3) is 3.43. The lowest BCUT2D eigenvalue weighted by Crippen LogP contribution is -2.52. The number of carbonyl (C=O) groups excluding carboxylic acids is 5. The van der Waals surface area contributed by atoms with Gasteiger partial charge in [0.15, 0.2) is 0 Å². The molecule has 2 aliphatic heterocycles. The Kier molecular flexibility index (Phi) is 5.27. The van der Waals surface area contributed by atoms with E-state index < -0.39 is 47.4 Å². The molecular formula is C21H25N5O6. The van der Waals surface area contributed by atoms with Crippen molar-refractivity contribution in [2.75, 3.05) is 13.7 Å². The van der Waals surface area contributed by atoms with E-state index in [0.29, 0.717) is 29.2 Å². The van der Waals surface area contributed by atoms with Crippen LogP contribution < -0.4 is 20.8 Å². The van der Waals surface area contributed by atoms with Crippen molar-refractivity contribution in [1.29, 1.82) is 0 Å². The molecule has 3 aliphatic rings. The van der Waals surface area contributed by atoms with Crippen LogP contribution >= 0.6 is 0 Å². The third-order valence-electron chi connectivity index (χ3n) is 6.35. The number of methoxy groups -OCH3 is 1. The second-order valence-corrected chi connectivity index (χ2v) is 8.42. The summed E-state index contributed by atoms with van der Waals surface area (Å²) >= 11 is 0. The van der Waals surface area contributed by atoms with Crippen molar-refractivity contribution in [2.24, 2.45) is 0 Å². The summed E-state index contributed by atoms with van der Waals surface area (Å²) in [5, 5.41) is 5.86. The van der Waals surface area contributed by atoms with Crippen LogP contribution in [-0.4, -0.2) is 58.9 Å². The molecule has 1 saturated carbocycles. The number of benzene rings is 1. The van der Waals surface area contributed by atoms with Gasteiger partial charge in [-0.25, -0.2) is 9.59 Å². The number of rotatable bonds is 5. The molecule has 170 valence electrons. The molecule has 0 aromatic heterocycles. The van der Waals surface area contributed by atoms with E-state index in [1.165, 1.54) is 14.0 Å². The first-order valence-corrected chi connectivity index (χ1v) is 10.4. The number of amides is 7. The Balaban J connectivity index is 1.44. The van der Waals surface area contributed by atoms with Gasteiger partial charge in [0.05, 0.1) is 7.11 Å². The minimum atomic E-state index is -1.40. The minimum Gasteiger partial charge on any atom is -0.497 e. The highest BCUT2D eigenvalue weighted by Gasteiger charge is 2.53. The van der Waals surface area contributed by atoms with Crippen molar-refractivity contribution in [3.63, 3.8) is 0 Å². The van der Waals surface area contributed by atoms with Gasteiger partial charge < -0.3 is 15.4 Å². The second kappa shape index (κ2) is 7.81. The van der Waals surface area contributed by atoms with E-state index in [1.54, 1.807) is 24.3 Å². The Morgan fingerprint density at radius 3 is 2.28 bits per heavy atom. The normalized spacial score (nSPS) is 24.6. The molecule has 3 N–H and O–H groups in total. The molecule has 0 radical (unpaired) electrons. The number of hydrogen-bond acceptors (Lipinski definition) is 6. The van der Waals surface area contributed by atoms with Crippen molar-refractivity contribution >= 4 is 29.8 Å². The Labute approximate surface area is 184 Å². The summed E-state index contributed by atoms with van der Waals surface area (Å²) < 4.78 is 5.10. The SMILES string of the molecule is COc1ccc([C@@]2(C)NC(=O)N(NC(=O)CN3C(=O)NC4(CCCCC4)C3=O)C2=O)cc1. The van der Waals surface area contributed by atoms with Crippen LogP contribution in [0.1, 0.15) is 44.6 Å². The highest BCUT2D eigenvalue weighted by molar-refractivity contribution is 6.10. The first kappa shape index (κ1) is 21.6. The average Bonchev–Trinajstić information content (AvgIpc) is 3.14. The van der Waals surface area contributed by atoms with Gasteiger partial charge in [0.1, 0.15) is 23.4 Å². The van der Waals surface area contributed by atoms with Gasteiger partial charge in [-0.05, 0) is 37.5 Å². The van der Waals surface area contributed by atoms with Crippen LogP contribution in [0, 0.1) is 0 Å². The molecule has 1 spiro atoms. The van der Waals surface area contributed by atoms with Crippen molar-refractivity contribution in [3.05, 3.63) is 29.8 Å². The van der Waals surface area contributed by atoms with Crippen molar-refractivity contribution in [2.45, 2.75) is 50.1 Å². The van der Waals surface area contributed by atoms with Gasteiger partial charge in [0.2, 0.25) is 0 Å². The van der Waals surface area contributed by atoms with Crippen LogP contribution in [0.3, 0.4) is 0 Å². The number of urea groups is 2. The molecule has 2 saturated heterocycles. The topological polar surface area (TPSA) is 137 Å². The van der Waals surface area contributed by atoms with Crippen LogP contribution in [0.5, 0.6) is 5.75 Å². The van der Waals surface area contributed by atoms with E-state index in [2.05, 4.69) is 16.1 Å². The molecule has 0 bridgehead atoms. The lowest BCUT2D eigenvalue weighted by molar-refractivity contribution is -0.141. The van der Waals surface area contributed by atoms with E-state index in [9.17, 15) is 24.0 Å². The van der Waals surface area contributed by atoms with Gasteiger partial charge >= 0.3 is 12.1 Å². The summed E-state index contributed by atoms with van der Waals surface area (Å²) in [5.74, 6) is -1.38. The minimum absolute atomic E-state index is 0.447. The van der Waals surface area contributed by atoms with Crippen molar-refractivity contribution in [1.82, 2.24) is 26.0 Å². The molecule has 4 rings (SSSR count). The predicted octanol–water partition coefficient (Wildman–Crippen LogP) is 0.748. The molecule has 1 atom stereocenters. The lowest BCUT2D eigenvalue weighted by atomic mass is 9.82. The van der Waals surface area contributed by atoms with E-state index in [4.69, 9.17) is 4.74 Å². The third-order valence-corrected chi connectivity index (χ3v) is 6.35. The van der Waals surface area contributed by atoms with Gasteiger partial charge in [-0.15, -0.1) is 0 Å². The van der Waals surface area contributed by atoms with Crippen molar-refractivity contribution in [3.8, 4) is 5.75 Å². The zero-order chi connectivity index (χ0) is 23.1. The average molecular weight is 443 g/mol. The molecular weight excluding hydrogens is 418 g/mol. The fourth-order valence-corrected chi connectivity index (χ4v) is 4.48. The molecule has 11 nitrogen and oxygen atoms in total. The smallest absolute Gasteiger partial charge is 0.344 e. The quantitative estimate of drug-likeness (QED) is 0.575. The number of hydrazine groups is 1. The van der Waals surface area contributed by atoms with E-state index in [-0.39, 0.29) is 0 Å². The first-order chi connectivity index (χ1) is 15.2. The number of hydrogen-bond donors (Lipinski definition) is 3. The van der Waals surface area contributed by atoms with E-state index in [0.717, 1.165) is 24.2 Å². The van der Waals surface area contributed by atoms with Gasteiger partial charge in [0, 0.05) is 0 Å². The number of ether oxygens (including phenoxy) is 1. The van der Waals surface area contributed by atoms with E-state index in [1.807, 2.05) is 0 Å². The van der Waals surface area contributed by atoms with Gasteiger partial charge in [-0.2, -0.15) is 5.01 Å². The summed E-state index contributed by atoms with van der Waals surface area (Å²) in [4.78, 5) is 64.0. The van der Waals surface area contributed by atoms with Gasteiger partial charge in [-0.1, -0.05) is 31.4 Å². The highest BCUT2D eigenvalue weighted by atomic mass is 16.5. The number of nitrogens with one attached hydrogen (secondary N) is 3. The molecule has 2 heterocycles. The van der Waals surface area contributed by atoms with Crippen LogP contribution in [0.15, 0.2) is 24.3 Å². The molecule has 1 aromatic carbocycles. The summed E-state index contributed by atoms with van der Waals surface area (Å²) in [6.45, 7) is 0.925. The molecule has 32 heavy (non-hydrogen) atoms. The molecule has 1 aromatic rings. The van der Waals surface area contributed by atoms with Crippen LogP contribution in [-0.2, 0) is 19.9 Å². The maximum Gasteiger partial charge on any atom is 0.344 e. The summed E-state index contributed by atoms with van der Waals surface area (Å²) in [5.41, 5.74) is 0.367. The van der Waals surface area contributed by atoms with Crippen molar-refractivity contribution < 1.29 is 28.7 Å².